The van der Waals surface area contributed by atoms with Gasteiger partial charge in [-0.1, -0.05) is 6.92 Å². The van der Waals surface area contributed by atoms with Gasteiger partial charge in [-0.2, -0.15) is 0 Å². The van der Waals surface area contributed by atoms with Gasteiger partial charge in [-0.05, 0) is 33.6 Å². The minimum absolute atomic E-state index is 0.113. The predicted molar refractivity (Wildman–Crippen MR) is 73.6 cm³/mol. The number of carboxylic acids is 1. The molecule has 0 bridgehead atoms. The zero-order valence-electron chi connectivity index (χ0n) is 12.7. The Kier molecular flexibility index (Phi) is 5.80. The molecule has 0 radical (unpaired) electrons. The van der Waals surface area contributed by atoms with Crippen molar-refractivity contribution in [3.05, 3.63) is 0 Å². The average Bonchev–Trinajstić information content (AvgIpc) is 2.34. The average molecular weight is 287 g/mol. The number of carboxylic acid groups (broad SMARTS) is 1. The molecule has 116 valence electrons. The number of carbonyl (C=O) groups is 2. The standard InChI is InChI=1S/C14H25NO5/c1-10(12(16)17)5-6-11-9-15(7-8-19-11)13(18)20-14(2,3)4/h10-11H,5-9H2,1-4H3,(H,16,17). The van der Waals surface area contributed by atoms with Crippen LogP contribution < -0.4 is 0 Å². The largest absolute Gasteiger partial charge is 0.481 e. The molecule has 0 aromatic rings. The van der Waals surface area contributed by atoms with Gasteiger partial charge in [0.15, 0.2) is 0 Å². The van der Waals surface area contributed by atoms with E-state index in [1.165, 1.54) is 0 Å². The van der Waals surface area contributed by atoms with Gasteiger partial charge in [0.25, 0.3) is 0 Å². The monoisotopic (exact) mass is 287 g/mol. The first-order valence-electron chi connectivity index (χ1n) is 7.01. The van der Waals surface area contributed by atoms with Gasteiger partial charge in [0.2, 0.25) is 0 Å². The van der Waals surface area contributed by atoms with Gasteiger partial charge in [0.05, 0.1) is 25.2 Å². The van der Waals surface area contributed by atoms with Crippen molar-refractivity contribution in [2.45, 2.75) is 52.2 Å². The molecular weight excluding hydrogens is 262 g/mol. The molecule has 0 spiro atoms. The van der Waals surface area contributed by atoms with E-state index < -0.39 is 17.5 Å². The number of hydrogen-bond acceptors (Lipinski definition) is 4. The Morgan fingerprint density at radius 2 is 2.10 bits per heavy atom. The second-order valence-corrected chi connectivity index (χ2v) is 6.24. The summed E-state index contributed by atoms with van der Waals surface area (Å²) in [5.41, 5.74) is -0.511. The van der Waals surface area contributed by atoms with Gasteiger partial charge in [0.1, 0.15) is 5.60 Å². The Labute approximate surface area is 120 Å². The van der Waals surface area contributed by atoms with Crippen molar-refractivity contribution in [3.8, 4) is 0 Å². The number of aliphatic carboxylic acids is 1. The maximum Gasteiger partial charge on any atom is 0.410 e. The molecule has 2 atom stereocenters. The second-order valence-electron chi connectivity index (χ2n) is 6.24. The summed E-state index contributed by atoms with van der Waals surface area (Å²) in [7, 11) is 0. The number of amides is 1. The van der Waals surface area contributed by atoms with Crippen LogP contribution in [0.1, 0.15) is 40.5 Å². The first kappa shape index (κ1) is 16.8. The number of ether oxygens (including phenoxy) is 2. The van der Waals surface area contributed by atoms with Crippen molar-refractivity contribution in [2.75, 3.05) is 19.7 Å². The second kappa shape index (κ2) is 6.92. The summed E-state index contributed by atoms with van der Waals surface area (Å²) in [6.45, 7) is 8.61. The summed E-state index contributed by atoms with van der Waals surface area (Å²) in [6, 6.07) is 0. The molecule has 1 aliphatic rings. The maximum absolute atomic E-state index is 12.0. The normalized spacial score (nSPS) is 21.4. The summed E-state index contributed by atoms with van der Waals surface area (Å²) < 4.78 is 10.9. The lowest BCUT2D eigenvalue weighted by molar-refractivity contribution is -0.141. The molecule has 1 aliphatic heterocycles. The first-order valence-corrected chi connectivity index (χ1v) is 7.01. The van der Waals surface area contributed by atoms with Crippen LogP contribution in [0.15, 0.2) is 0 Å². The van der Waals surface area contributed by atoms with E-state index in [1.54, 1.807) is 11.8 Å². The molecule has 0 aromatic carbocycles. The van der Waals surface area contributed by atoms with Crippen molar-refractivity contribution in [1.29, 1.82) is 0 Å². The summed E-state index contributed by atoms with van der Waals surface area (Å²) in [4.78, 5) is 24.4. The van der Waals surface area contributed by atoms with E-state index in [0.717, 1.165) is 0 Å². The molecule has 1 saturated heterocycles. The van der Waals surface area contributed by atoms with Crippen LogP contribution in [0.5, 0.6) is 0 Å². The minimum atomic E-state index is -0.801. The van der Waals surface area contributed by atoms with E-state index in [9.17, 15) is 9.59 Å². The van der Waals surface area contributed by atoms with E-state index in [0.29, 0.717) is 32.5 Å². The summed E-state index contributed by atoms with van der Waals surface area (Å²) in [5.74, 6) is -1.19. The molecule has 0 saturated carbocycles. The third-order valence-electron chi connectivity index (χ3n) is 3.13. The van der Waals surface area contributed by atoms with Crippen LogP contribution in [0.3, 0.4) is 0 Å². The Hall–Kier alpha value is -1.30. The van der Waals surface area contributed by atoms with Gasteiger partial charge < -0.3 is 19.5 Å². The van der Waals surface area contributed by atoms with Crippen LogP contribution in [-0.4, -0.2) is 53.5 Å². The highest BCUT2D eigenvalue weighted by Gasteiger charge is 2.28. The lowest BCUT2D eigenvalue weighted by Gasteiger charge is -2.34. The molecule has 20 heavy (non-hydrogen) atoms. The predicted octanol–water partition coefficient (Wildman–Crippen LogP) is 2.12. The number of nitrogens with zero attached hydrogens (tertiary/aromatic N) is 1. The topological polar surface area (TPSA) is 76.1 Å². The molecule has 1 amide bonds. The van der Waals surface area contributed by atoms with Gasteiger partial charge >= 0.3 is 12.1 Å². The molecule has 0 aliphatic carbocycles. The van der Waals surface area contributed by atoms with Gasteiger partial charge in [-0.25, -0.2) is 4.79 Å². The highest BCUT2D eigenvalue weighted by atomic mass is 16.6. The lowest BCUT2D eigenvalue weighted by Crippen LogP contribution is -2.47. The molecule has 1 fully saturated rings. The zero-order valence-corrected chi connectivity index (χ0v) is 12.7. The molecule has 1 N–H and O–H groups in total. The van der Waals surface area contributed by atoms with Crippen LogP contribution in [0.4, 0.5) is 4.79 Å². The van der Waals surface area contributed by atoms with E-state index >= 15 is 0 Å². The molecular formula is C14H25NO5. The minimum Gasteiger partial charge on any atom is -0.481 e. The van der Waals surface area contributed by atoms with E-state index in [2.05, 4.69) is 0 Å². The summed E-state index contributed by atoms with van der Waals surface area (Å²) in [5, 5.41) is 8.85. The molecule has 6 nitrogen and oxygen atoms in total. The van der Waals surface area contributed by atoms with Crippen molar-refractivity contribution >= 4 is 12.1 Å². The lowest BCUT2D eigenvalue weighted by atomic mass is 10.0. The van der Waals surface area contributed by atoms with Crippen LogP contribution in [0.2, 0.25) is 0 Å². The van der Waals surface area contributed by atoms with Crippen molar-refractivity contribution in [1.82, 2.24) is 4.90 Å². The Bertz CT molecular complexity index is 350. The zero-order chi connectivity index (χ0) is 15.3. The third-order valence-corrected chi connectivity index (χ3v) is 3.13. The van der Waals surface area contributed by atoms with Crippen LogP contribution >= 0.6 is 0 Å². The van der Waals surface area contributed by atoms with Crippen molar-refractivity contribution in [2.24, 2.45) is 5.92 Å². The fourth-order valence-corrected chi connectivity index (χ4v) is 1.95. The van der Waals surface area contributed by atoms with Gasteiger partial charge in [-0.15, -0.1) is 0 Å². The molecule has 0 aromatic heterocycles. The van der Waals surface area contributed by atoms with Crippen LogP contribution in [0.25, 0.3) is 0 Å². The van der Waals surface area contributed by atoms with Crippen molar-refractivity contribution in [3.63, 3.8) is 0 Å². The highest BCUT2D eigenvalue weighted by molar-refractivity contribution is 5.69. The number of rotatable bonds is 4. The Morgan fingerprint density at radius 3 is 2.65 bits per heavy atom. The first-order chi connectivity index (χ1) is 9.19. The molecule has 6 heteroatoms. The SMILES string of the molecule is CC(CCC1CN(C(=O)OC(C)(C)C)CCO1)C(=O)O. The number of morpholine rings is 1. The quantitative estimate of drug-likeness (QED) is 0.857. The molecule has 1 rings (SSSR count). The summed E-state index contributed by atoms with van der Waals surface area (Å²) >= 11 is 0. The van der Waals surface area contributed by atoms with E-state index in [4.69, 9.17) is 14.6 Å². The van der Waals surface area contributed by atoms with Crippen molar-refractivity contribution < 1.29 is 24.2 Å². The van der Waals surface area contributed by atoms with E-state index in [-0.39, 0.29) is 12.2 Å². The molecule has 1 heterocycles. The number of hydrogen-bond donors (Lipinski definition) is 1. The number of carbonyl (C=O) groups excluding carboxylic acids is 1. The van der Waals surface area contributed by atoms with Crippen LogP contribution in [0, 0.1) is 5.92 Å². The highest BCUT2D eigenvalue weighted by Crippen LogP contribution is 2.17. The van der Waals surface area contributed by atoms with Gasteiger partial charge in [-0.3, -0.25) is 4.79 Å². The third kappa shape index (κ3) is 5.77. The van der Waals surface area contributed by atoms with Gasteiger partial charge in [0, 0.05) is 6.54 Å². The molecule has 2 unspecified atom stereocenters. The summed E-state index contributed by atoms with van der Waals surface area (Å²) in [6.07, 6.45) is 0.727. The Morgan fingerprint density at radius 1 is 1.45 bits per heavy atom. The Balaban J connectivity index is 2.42. The smallest absolute Gasteiger partial charge is 0.410 e. The fraction of sp³-hybridized carbons (Fsp3) is 0.857. The van der Waals surface area contributed by atoms with Crippen LogP contribution in [-0.2, 0) is 14.3 Å². The maximum atomic E-state index is 12.0. The fourth-order valence-electron chi connectivity index (χ4n) is 1.95. The van der Waals surface area contributed by atoms with E-state index in [1.807, 2.05) is 20.8 Å².